The average molecular weight is 390 g/mol. The van der Waals surface area contributed by atoms with Crippen LogP contribution in [0.25, 0.3) is 0 Å². The predicted molar refractivity (Wildman–Crippen MR) is 109 cm³/mol. The van der Waals surface area contributed by atoms with Crippen LogP contribution in [0.3, 0.4) is 0 Å². The molecule has 0 saturated carbocycles. The van der Waals surface area contributed by atoms with E-state index in [-0.39, 0.29) is 6.03 Å². The minimum Gasteiger partial charge on any atom is -0.495 e. The first kappa shape index (κ1) is 19.2. The number of hydrogen-bond acceptors (Lipinski definition) is 4. The van der Waals surface area contributed by atoms with Crippen molar-refractivity contribution in [1.82, 2.24) is 4.90 Å². The quantitative estimate of drug-likeness (QED) is 0.858. The highest BCUT2D eigenvalue weighted by Gasteiger charge is 2.24. The Labute approximate surface area is 164 Å². The molecule has 1 fully saturated rings. The molecule has 1 N–H and O–H groups in total. The molecular formula is C20H24ClN3O3. The summed E-state index contributed by atoms with van der Waals surface area (Å²) in [4.78, 5) is 16.5. The molecule has 144 valence electrons. The van der Waals surface area contributed by atoms with Gasteiger partial charge in [0.25, 0.3) is 0 Å². The van der Waals surface area contributed by atoms with E-state index in [1.54, 1.807) is 20.3 Å². The summed E-state index contributed by atoms with van der Waals surface area (Å²) in [5.41, 5.74) is 2.88. The number of benzene rings is 2. The monoisotopic (exact) mass is 389 g/mol. The van der Waals surface area contributed by atoms with E-state index in [9.17, 15) is 4.79 Å². The number of rotatable bonds is 4. The van der Waals surface area contributed by atoms with Crippen LogP contribution >= 0.6 is 11.6 Å². The number of nitrogens with zero attached hydrogens (tertiary/aromatic N) is 2. The van der Waals surface area contributed by atoms with Gasteiger partial charge in [-0.05, 0) is 19.1 Å². The average Bonchev–Trinajstić information content (AvgIpc) is 2.69. The second-order valence-corrected chi connectivity index (χ2v) is 6.84. The Bertz CT molecular complexity index is 803. The van der Waals surface area contributed by atoms with E-state index in [0.717, 1.165) is 16.9 Å². The summed E-state index contributed by atoms with van der Waals surface area (Å²) in [5, 5.41) is 3.46. The molecule has 0 bridgehead atoms. The van der Waals surface area contributed by atoms with E-state index in [1.165, 1.54) is 0 Å². The van der Waals surface area contributed by atoms with Crippen LogP contribution in [0.2, 0.25) is 5.02 Å². The van der Waals surface area contributed by atoms with Gasteiger partial charge in [-0.25, -0.2) is 4.79 Å². The molecule has 0 aliphatic carbocycles. The van der Waals surface area contributed by atoms with Crippen molar-refractivity contribution in [1.29, 1.82) is 0 Å². The normalized spacial score (nSPS) is 14.1. The summed E-state index contributed by atoms with van der Waals surface area (Å²) >= 11 is 6.19. The van der Waals surface area contributed by atoms with Gasteiger partial charge in [-0.3, -0.25) is 0 Å². The fourth-order valence-electron chi connectivity index (χ4n) is 3.08. The Morgan fingerprint density at radius 2 is 1.63 bits per heavy atom. The van der Waals surface area contributed by atoms with Gasteiger partial charge in [0.15, 0.2) is 0 Å². The van der Waals surface area contributed by atoms with Gasteiger partial charge in [0.05, 0.1) is 24.9 Å². The molecule has 2 amide bonds. The molecule has 2 aromatic rings. The van der Waals surface area contributed by atoms with Crippen LogP contribution < -0.4 is 19.7 Å². The molecule has 2 aromatic carbocycles. The van der Waals surface area contributed by atoms with Crippen molar-refractivity contribution in [2.75, 3.05) is 50.6 Å². The second-order valence-electron chi connectivity index (χ2n) is 6.43. The lowest BCUT2D eigenvalue weighted by Gasteiger charge is -2.36. The van der Waals surface area contributed by atoms with E-state index in [0.29, 0.717) is 42.7 Å². The third-order valence-electron chi connectivity index (χ3n) is 4.66. The van der Waals surface area contributed by atoms with E-state index in [4.69, 9.17) is 21.1 Å². The molecule has 1 aliphatic heterocycles. The van der Waals surface area contributed by atoms with Crippen molar-refractivity contribution in [3.05, 3.63) is 47.0 Å². The molecule has 0 atom stereocenters. The number of anilines is 2. The fourth-order valence-corrected chi connectivity index (χ4v) is 3.31. The van der Waals surface area contributed by atoms with Crippen molar-refractivity contribution in [3.8, 4) is 11.5 Å². The maximum absolute atomic E-state index is 12.5. The van der Waals surface area contributed by atoms with Crippen LogP contribution in [-0.2, 0) is 0 Å². The van der Waals surface area contributed by atoms with Crippen molar-refractivity contribution >= 4 is 29.0 Å². The Kier molecular flexibility index (Phi) is 5.96. The SMILES string of the molecule is COc1cc(N2CCN(C(=O)Nc3ccc(C)cc3)CC2)c(OC)cc1Cl. The van der Waals surface area contributed by atoms with Crippen molar-refractivity contribution in [3.63, 3.8) is 0 Å². The van der Waals surface area contributed by atoms with E-state index >= 15 is 0 Å². The van der Waals surface area contributed by atoms with E-state index < -0.39 is 0 Å². The molecule has 27 heavy (non-hydrogen) atoms. The standard InChI is InChI=1S/C20H24ClN3O3/c1-14-4-6-15(7-5-14)22-20(25)24-10-8-23(9-11-24)17-13-18(26-2)16(21)12-19(17)27-3/h4-7,12-13H,8-11H2,1-3H3,(H,22,25). The van der Waals surface area contributed by atoms with Crippen molar-refractivity contribution < 1.29 is 14.3 Å². The number of halogens is 1. The van der Waals surface area contributed by atoms with Crippen molar-refractivity contribution in [2.45, 2.75) is 6.92 Å². The molecular weight excluding hydrogens is 366 g/mol. The molecule has 0 spiro atoms. The van der Waals surface area contributed by atoms with Crippen molar-refractivity contribution in [2.24, 2.45) is 0 Å². The van der Waals surface area contributed by atoms with Crippen LogP contribution in [0, 0.1) is 6.92 Å². The fraction of sp³-hybridized carbons (Fsp3) is 0.350. The number of carbonyl (C=O) groups is 1. The van der Waals surface area contributed by atoms with E-state index in [1.807, 2.05) is 42.2 Å². The minimum absolute atomic E-state index is 0.0841. The highest BCUT2D eigenvalue weighted by molar-refractivity contribution is 6.32. The highest BCUT2D eigenvalue weighted by atomic mass is 35.5. The first-order valence-electron chi connectivity index (χ1n) is 8.81. The van der Waals surface area contributed by atoms with Gasteiger partial charge in [-0.15, -0.1) is 0 Å². The number of piperazine rings is 1. The lowest BCUT2D eigenvalue weighted by Crippen LogP contribution is -2.50. The smallest absolute Gasteiger partial charge is 0.321 e. The second kappa shape index (κ2) is 8.39. The Morgan fingerprint density at radius 1 is 1.00 bits per heavy atom. The zero-order chi connectivity index (χ0) is 19.4. The number of nitrogens with one attached hydrogen (secondary N) is 1. The number of ether oxygens (including phenoxy) is 2. The molecule has 0 aromatic heterocycles. The van der Waals surface area contributed by atoms with Crippen LogP contribution in [0.5, 0.6) is 11.5 Å². The molecule has 1 aliphatic rings. The summed E-state index contributed by atoms with van der Waals surface area (Å²) in [7, 11) is 3.21. The number of urea groups is 1. The lowest BCUT2D eigenvalue weighted by molar-refractivity contribution is 0.208. The molecule has 6 nitrogen and oxygen atoms in total. The first-order valence-corrected chi connectivity index (χ1v) is 9.18. The van der Waals surface area contributed by atoms with Crippen LogP contribution in [0.1, 0.15) is 5.56 Å². The topological polar surface area (TPSA) is 54.0 Å². The van der Waals surface area contributed by atoms with Gasteiger partial charge in [0.1, 0.15) is 11.5 Å². The lowest BCUT2D eigenvalue weighted by atomic mass is 10.2. The van der Waals surface area contributed by atoms with Gasteiger partial charge >= 0.3 is 6.03 Å². The number of hydrogen-bond donors (Lipinski definition) is 1. The summed E-state index contributed by atoms with van der Waals surface area (Å²) < 4.78 is 10.8. The summed E-state index contributed by atoms with van der Waals surface area (Å²) in [6, 6.07) is 11.3. The minimum atomic E-state index is -0.0841. The zero-order valence-electron chi connectivity index (χ0n) is 15.8. The Balaban J connectivity index is 1.65. The summed E-state index contributed by atoms with van der Waals surface area (Å²) in [6.07, 6.45) is 0. The molecule has 0 unspecified atom stereocenters. The third kappa shape index (κ3) is 4.39. The molecule has 1 saturated heterocycles. The highest BCUT2D eigenvalue weighted by Crippen LogP contribution is 2.38. The summed E-state index contributed by atoms with van der Waals surface area (Å²) in [5.74, 6) is 1.30. The third-order valence-corrected chi connectivity index (χ3v) is 4.96. The molecule has 1 heterocycles. The van der Waals surface area contributed by atoms with Gasteiger partial charge in [-0.1, -0.05) is 29.3 Å². The van der Waals surface area contributed by atoms with Gasteiger partial charge in [0, 0.05) is 44.0 Å². The van der Waals surface area contributed by atoms with Crippen LogP contribution in [-0.4, -0.2) is 51.3 Å². The van der Waals surface area contributed by atoms with E-state index in [2.05, 4.69) is 10.2 Å². The van der Waals surface area contributed by atoms with Gasteiger partial charge in [0.2, 0.25) is 0 Å². The predicted octanol–water partition coefficient (Wildman–Crippen LogP) is 4.02. The van der Waals surface area contributed by atoms with Crippen LogP contribution in [0.4, 0.5) is 16.2 Å². The Hall–Kier alpha value is -2.60. The van der Waals surface area contributed by atoms with Gasteiger partial charge in [-0.2, -0.15) is 0 Å². The maximum atomic E-state index is 12.5. The molecule has 0 radical (unpaired) electrons. The first-order chi connectivity index (χ1) is 13.0. The largest absolute Gasteiger partial charge is 0.495 e. The van der Waals surface area contributed by atoms with Gasteiger partial charge < -0.3 is 24.6 Å². The number of aryl methyl sites for hydroxylation is 1. The zero-order valence-corrected chi connectivity index (χ0v) is 16.5. The number of carbonyl (C=O) groups excluding carboxylic acids is 1. The molecule has 3 rings (SSSR count). The number of amides is 2. The number of methoxy groups -OCH3 is 2. The summed E-state index contributed by atoms with van der Waals surface area (Å²) in [6.45, 7) is 4.65. The maximum Gasteiger partial charge on any atom is 0.321 e. The molecule has 7 heteroatoms. The Morgan fingerprint density at radius 3 is 2.22 bits per heavy atom. The van der Waals surface area contributed by atoms with Crippen LogP contribution in [0.15, 0.2) is 36.4 Å².